The van der Waals surface area contributed by atoms with E-state index in [-0.39, 0.29) is 38.1 Å². The van der Waals surface area contributed by atoms with Gasteiger partial charge in [0.1, 0.15) is 11.6 Å². The number of carbonyl (C=O) groups is 1. The van der Waals surface area contributed by atoms with Crippen molar-refractivity contribution in [2.75, 3.05) is 10.6 Å². The summed E-state index contributed by atoms with van der Waals surface area (Å²) in [5.74, 6) is -0.427. The summed E-state index contributed by atoms with van der Waals surface area (Å²) >= 11 is 18.4. The van der Waals surface area contributed by atoms with Gasteiger partial charge in [-0.15, -0.1) is 0 Å². The van der Waals surface area contributed by atoms with Crippen molar-refractivity contribution in [2.24, 2.45) is 0 Å². The number of anilines is 2. The lowest BCUT2D eigenvalue weighted by molar-refractivity contribution is -0.174. The first-order chi connectivity index (χ1) is 14.6. The van der Waals surface area contributed by atoms with Crippen molar-refractivity contribution in [3.8, 4) is 0 Å². The molecule has 164 valence electrons. The molecule has 0 spiro atoms. The zero-order valence-electron chi connectivity index (χ0n) is 15.1. The third-order valence-electron chi connectivity index (χ3n) is 4.65. The summed E-state index contributed by atoms with van der Waals surface area (Å²) in [6.07, 6.45) is -4.97. The number of halogens is 7. The number of nitrogens with one attached hydrogen (secondary N) is 2. The van der Waals surface area contributed by atoms with Crippen molar-refractivity contribution in [1.29, 1.82) is 0 Å². The molecule has 3 aromatic rings. The van der Waals surface area contributed by atoms with Gasteiger partial charge in [0, 0.05) is 6.42 Å². The van der Waals surface area contributed by atoms with Gasteiger partial charge in [-0.2, -0.15) is 18.3 Å². The molecule has 0 unspecified atom stereocenters. The lowest BCUT2D eigenvalue weighted by Crippen LogP contribution is -2.35. The maximum Gasteiger partial charge on any atom is 0.410 e. The van der Waals surface area contributed by atoms with Crippen LogP contribution in [0.15, 0.2) is 43.9 Å². The van der Waals surface area contributed by atoms with Crippen molar-refractivity contribution < 1.29 is 22.4 Å². The van der Waals surface area contributed by atoms with Crippen molar-refractivity contribution in [1.82, 2.24) is 9.78 Å². The summed E-state index contributed by atoms with van der Waals surface area (Å²) in [5.41, 5.74) is -0.0373. The number of amides is 1. The number of furan rings is 1. The highest BCUT2D eigenvalue weighted by Gasteiger charge is 2.48. The molecule has 1 aliphatic rings. The fourth-order valence-electron chi connectivity index (χ4n) is 3.22. The van der Waals surface area contributed by atoms with Crippen molar-refractivity contribution >= 4 is 72.5 Å². The van der Waals surface area contributed by atoms with Crippen LogP contribution in [0.5, 0.6) is 0 Å². The molecule has 1 aliphatic heterocycles. The smallest absolute Gasteiger partial charge is 0.410 e. The summed E-state index contributed by atoms with van der Waals surface area (Å²) < 4.78 is 48.1. The SMILES string of the molecule is O=C(Nc1cccc(Cl)c1Cl)c1nn2c(c1Br)N[C@H](c1ccc(Br)o1)C[C@H]2C(F)(F)F. The normalized spacial score (nSPS) is 18.4. The lowest BCUT2D eigenvalue weighted by atomic mass is 10.0. The minimum Gasteiger partial charge on any atom is -0.452 e. The molecule has 0 saturated heterocycles. The van der Waals surface area contributed by atoms with E-state index in [4.69, 9.17) is 27.6 Å². The van der Waals surface area contributed by atoms with E-state index in [1.54, 1.807) is 18.2 Å². The monoisotopic (exact) mass is 600 g/mol. The van der Waals surface area contributed by atoms with Crippen LogP contribution in [0.3, 0.4) is 0 Å². The Hall–Kier alpha value is -1.69. The summed E-state index contributed by atoms with van der Waals surface area (Å²) in [6, 6.07) is 5.04. The van der Waals surface area contributed by atoms with Crippen LogP contribution in [-0.4, -0.2) is 21.9 Å². The molecule has 2 aromatic heterocycles. The number of nitrogens with zero attached hydrogens (tertiary/aromatic N) is 2. The molecule has 0 saturated carbocycles. The van der Waals surface area contributed by atoms with Crippen LogP contribution >= 0.6 is 55.1 Å². The zero-order valence-corrected chi connectivity index (χ0v) is 19.8. The predicted molar refractivity (Wildman–Crippen MR) is 117 cm³/mol. The fraction of sp³-hybridized carbons (Fsp3) is 0.222. The molecule has 1 amide bonds. The molecule has 4 rings (SSSR count). The van der Waals surface area contributed by atoms with Gasteiger partial charge >= 0.3 is 6.18 Å². The molecule has 0 aliphatic carbocycles. The number of hydrogen-bond acceptors (Lipinski definition) is 4. The average Bonchev–Trinajstić information content (AvgIpc) is 3.27. The van der Waals surface area contributed by atoms with Gasteiger partial charge in [-0.05, 0) is 56.1 Å². The topological polar surface area (TPSA) is 72.1 Å². The molecule has 3 heterocycles. The molecular formula is C18H11Br2Cl2F3N4O2. The Morgan fingerprint density at radius 2 is 2.00 bits per heavy atom. The van der Waals surface area contributed by atoms with Gasteiger partial charge in [0.05, 0.1) is 26.2 Å². The summed E-state index contributed by atoms with van der Waals surface area (Å²) in [5, 5.41) is 9.75. The molecule has 1 aromatic carbocycles. The molecule has 2 N–H and O–H groups in total. The number of alkyl halides is 3. The van der Waals surface area contributed by atoms with Gasteiger partial charge in [-0.3, -0.25) is 4.79 Å². The Labute approximate surface area is 200 Å². The third-order valence-corrected chi connectivity index (χ3v) is 6.64. The van der Waals surface area contributed by atoms with E-state index >= 15 is 0 Å². The second-order valence-electron chi connectivity index (χ2n) is 6.64. The first-order valence-corrected chi connectivity index (χ1v) is 11.0. The van der Waals surface area contributed by atoms with Crippen LogP contribution in [-0.2, 0) is 0 Å². The van der Waals surface area contributed by atoms with Gasteiger partial charge < -0.3 is 15.1 Å². The first kappa shape index (κ1) is 22.5. The Kier molecular flexibility index (Phi) is 6.06. The number of fused-ring (bicyclic) bond motifs is 1. The Morgan fingerprint density at radius 1 is 1.26 bits per heavy atom. The largest absolute Gasteiger partial charge is 0.452 e. The summed E-state index contributed by atoms with van der Waals surface area (Å²) in [4.78, 5) is 12.8. The van der Waals surface area contributed by atoms with Crippen LogP contribution in [0.2, 0.25) is 10.0 Å². The average molecular weight is 603 g/mol. The van der Waals surface area contributed by atoms with Crippen molar-refractivity contribution in [3.05, 3.63) is 61.0 Å². The molecule has 0 fully saturated rings. The van der Waals surface area contributed by atoms with Crippen LogP contribution in [0.4, 0.5) is 24.7 Å². The number of rotatable bonds is 3. The van der Waals surface area contributed by atoms with Gasteiger partial charge in [-0.25, -0.2) is 4.68 Å². The van der Waals surface area contributed by atoms with Crippen LogP contribution in [0, 0.1) is 0 Å². The maximum atomic E-state index is 13.8. The number of benzene rings is 1. The van der Waals surface area contributed by atoms with Crippen LogP contribution in [0.25, 0.3) is 0 Å². The second kappa shape index (κ2) is 8.34. The highest BCUT2D eigenvalue weighted by molar-refractivity contribution is 9.10. The van der Waals surface area contributed by atoms with E-state index in [9.17, 15) is 18.0 Å². The maximum absolute atomic E-state index is 13.8. The third kappa shape index (κ3) is 4.33. The van der Waals surface area contributed by atoms with E-state index in [2.05, 4.69) is 47.6 Å². The quantitative estimate of drug-likeness (QED) is 0.332. The van der Waals surface area contributed by atoms with Gasteiger partial charge in [0.25, 0.3) is 5.91 Å². The van der Waals surface area contributed by atoms with Crippen molar-refractivity contribution in [3.63, 3.8) is 0 Å². The molecule has 6 nitrogen and oxygen atoms in total. The standard InChI is InChI=1S/C18H11Br2Cl2F3N4O2/c19-12-5-4-10(31-12)9-6-11(18(23,24)25)29-16(26-9)13(20)15(28-29)17(30)27-8-3-1-2-7(21)14(8)22/h1-5,9,11,26H,6H2,(H,27,30)/t9-,11-/m0/s1. The highest BCUT2D eigenvalue weighted by Crippen LogP contribution is 2.46. The Bertz CT molecular complexity index is 1170. The van der Waals surface area contributed by atoms with E-state index in [0.29, 0.717) is 10.4 Å². The van der Waals surface area contributed by atoms with Gasteiger partial charge in [0.15, 0.2) is 16.4 Å². The minimum absolute atomic E-state index is 0.00781. The molecule has 13 heteroatoms. The summed E-state index contributed by atoms with van der Waals surface area (Å²) in [6.45, 7) is 0. The number of carbonyl (C=O) groups excluding carboxylic acids is 1. The zero-order chi connectivity index (χ0) is 22.5. The van der Waals surface area contributed by atoms with Gasteiger partial charge in [0.2, 0.25) is 0 Å². The van der Waals surface area contributed by atoms with E-state index in [1.165, 1.54) is 12.1 Å². The highest BCUT2D eigenvalue weighted by atomic mass is 79.9. The first-order valence-electron chi connectivity index (χ1n) is 8.68. The fourth-order valence-corrected chi connectivity index (χ4v) is 4.44. The lowest BCUT2D eigenvalue weighted by Gasteiger charge is -2.32. The predicted octanol–water partition coefficient (Wildman–Crippen LogP) is 7.22. The molecule has 0 bridgehead atoms. The van der Waals surface area contributed by atoms with Gasteiger partial charge in [-0.1, -0.05) is 29.3 Å². The minimum atomic E-state index is -4.60. The molecule has 2 atom stereocenters. The Balaban J connectivity index is 1.71. The van der Waals surface area contributed by atoms with E-state index < -0.39 is 24.2 Å². The summed E-state index contributed by atoms with van der Waals surface area (Å²) in [7, 11) is 0. The molecular weight excluding hydrogens is 592 g/mol. The van der Waals surface area contributed by atoms with Crippen LogP contribution < -0.4 is 10.6 Å². The number of aromatic nitrogens is 2. The Morgan fingerprint density at radius 3 is 2.65 bits per heavy atom. The second-order valence-corrected chi connectivity index (χ2v) is 9.00. The van der Waals surface area contributed by atoms with E-state index in [1.807, 2.05) is 0 Å². The number of hydrogen-bond donors (Lipinski definition) is 2. The van der Waals surface area contributed by atoms with Crippen molar-refractivity contribution in [2.45, 2.75) is 24.7 Å². The molecule has 0 radical (unpaired) electrons. The van der Waals surface area contributed by atoms with E-state index in [0.717, 1.165) is 4.68 Å². The molecule has 31 heavy (non-hydrogen) atoms. The van der Waals surface area contributed by atoms with Crippen LogP contribution in [0.1, 0.15) is 34.8 Å².